The molecule has 1 saturated carbocycles. The van der Waals surface area contributed by atoms with Crippen molar-refractivity contribution in [3.63, 3.8) is 0 Å². The third-order valence-corrected chi connectivity index (χ3v) is 3.70. The third-order valence-electron chi connectivity index (χ3n) is 3.70. The Bertz CT molecular complexity index is 337. The van der Waals surface area contributed by atoms with Crippen LogP contribution in [0.2, 0.25) is 0 Å². The van der Waals surface area contributed by atoms with Crippen LogP contribution in [0.15, 0.2) is 0 Å². The third kappa shape index (κ3) is 3.00. The molecule has 102 valence electrons. The Morgan fingerprint density at radius 3 is 2.33 bits per heavy atom. The first-order chi connectivity index (χ1) is 8.49. The Hall–Kier alpha value is -1.14. The molecule has 2 rings (SSSR count). The normalized spacial score (nSPS) is 34.5. The summed E-state index contributed by atoms with van der Waals surface area (Å²) in [6.07, 6.45) is -0.553. The van der Waals surface area contributed by atoms with E-state index in [-0.39, 0.29) is 37.2 Å². The van der Waals surface area contributed by atoms with Crippen LogP contribution in [0.25, 0.3) is 0 Å². The number of hydrogen-bond acceptors (Lipinski definition) is 4. The fourth-order valence-corrected chi connectivity index (χ4v) is 2.24. The first-order valence-corrected chi connectivity index (χ1v) is 6.40. The molecular weight excluding hydrogens is 236 g/mol. The number of carbonyl (C=O) groups is 2. The standard InChI is InChI=1S/C12H20N2O4/c1-7-4-8(7)12(18)13-3-2-11(17)14-5-9(15)10(16)6-14/h7-10,15-16H,2-6H2,1H3,(H,13,18). The Morgan fingerprint density at radius 1 is 1.28 bits per heavy atom. The second-order valence-electron chi connectivity index (χ2n) is 5.29. The number of likely N-dealkylation sites (tertiary alicyclic amines) is 1. The molecule has 1 heterocycles. The molecule has 0 radical (unpaired) electrons. The minimum absolute atomic E-state index is 0.0248. The molecule has 2 aliphatic rings. The SMILES string of the molecule is CC1CC1C(=O)NCCC(=O)N1CC(O)C(O)C1. The van der Waals surface area contributed by atoms with E-state index < -0.39 is 12.2 Å². The van der Waals surface area contributed by atoms with Gasteiger partial charge in [-0.05, 0) is 12.3 Å². The largest absolute Gasteiger partial charge is 0.388 e. The summed E-state index contributed by atoms with van der Waals surface area (Å²) in [4.78, 5) is 24.7. The highest BCUT2D eigenvalue weighted by Crippen LogP contribution is 2.37. The van der Waals surface area contributed by atoms with Gasteiger partial charge < -0.3 is 20.4 Å². The van der Waals surface area contributed by atoms with Crippen LogP contribution in [-0.2, 0) is 9.59 Å². The molecule has 1 aliphatic carbocycles. The van der Waals surface area contributed by atoms with E-state index in [2.05, 4.69) is 5.32 Å². The minimum Gasteiger partial charge on any atom is -0.388 e. The van der Waals surface area contributed by atoms with Gasteiger partial charge in [-0.2, -0.15) is 0 Å². The lowest BCUT2D eigenvalue weighted by Crippen LogP contribution is -2.34. The summed E-state index contributed by atoms with van der Waals surface area (Å²) in [5.41, 5.74) is 0. The number of β-amino-alcohol motifs (C(OH)–C–C–N with tert-alkyl or cyclic N) is 2. The average molecular weight is 256 g/mol. The van der Waals surface area contributed by atoms with Gasteiger partial charge in [0.2, 0.25) is 11.8 Å². The molecule has 4 atom stereocenters. The highest BCUT2D eigenvalue weighted by atomic mass is 16.3. The monoisotopic (exact) mass is 256 g/mol. The van der Waals surface area contributed by atoms with Crippen LogP contribution in [0.5, 0.6) is 0 Å². The lowest BCUT2D eigenvalue weighted by atomic mass is 10.3. The van der Waals surface area contributed by atoms with E-state index in [9.17, 15) is 19.8 Å². The number of amides is 2. The number of carbonyl (C=O) groups excluding carboxylic acids is 2. The smallest absolute Gasteiger partial charge is 0.224 e. The molecule has 0 aromatic rings. The van der Waals surface area contributed by atoms with Crippen molar-refractivity contribution < 1.29 is 19.8 Å². The van der Waals surface area contributed by atoms with Gasteiger partial charge in [0.1, 0.15) is 0 Å². The Balaban J connectivity index is 1.65. The summed E-state index contributed by atoms with van der Waals surface area (Å²) in [5, 5.41) is 21.4. The Kier molecular flexibility index (Phi) is 3.87. The van der Waals surface area contributed by atoms with Crippen molar-refractivity contribution in [1.82, 2.24) is 10.2 Å². The molecule has 4 unspecified atom stereocenters. The maximum atomic E-state index is 11.7. The molecular formula is C12H20N2O4. The zero-order valence-electron chi connectivity index (χ0n) is 10.5. The molecule has 0 aromatic carbocycles. The van der Waals surface area contributed by atoms with E-state index in [0.29, 0.717) is 12.5 Å². The van der Waals surface area contributed by atoms with Crippen molar-refractivity contribution >= 4 is 11.8 Å². The molecule has 3 N–H and O–H groups in total. The summed E-state index contributed by atoms with van der Waals surface area (Å²) in [5.74, 6) is 0.464. The lowest BCUT2D eigenvalue weighted by molar-refractivity contribution is -0.130. The summed E-state index contributed by atoms with van der Waals surface area (Å²) < 4.78 is 0. The van der Waals surface area contributed by atoms with E-state index >= 15 is 0 Å². The molecule has 18 heavy (non-hydrogen) atoms. The van der Waals surface area contributed by atoms with Crippen molar-refractivity contribution in [3.05, 3.63) is 0 Å². The van der Waals surface area contributed by atoms with Crippen LogP contribution in [0.3, 0.4) is 0 Å². The first kappa shape index (κ1) is 13.3. The Morgan fingerprint density at radius 2 is 1.83 bits per heavy atom. The number of nitrogens with one attached hydrogen (secondary N) is 1. The van der Waals surface area contributed by atoms with Crippen LogP contribution < -0.4 is 5.32 Å². The van der Waals surface area contributed by atoms with Gasteiger partial charge >= 0.3 is 0 Å². The van der Waals surface area contributed by atoms with E-state index in [1.54, 1.807) is 0 Å². The van der Waals surface area contributed by atoms with E-state index in [1.807, 2.05) is 6.92 Å². The highest BCUT2D eigenvalue weighted by molar-refractivity contribution is 5.82. The fourth-order valence-electron chi connectivity index (χ4n) is 2.24. The second kappa shape index (κ2) is 5.24. The maximum Gasteiger partial charge on any atom is 0.224 e. The van der Waals surface area contributed by atoms with Gasteiger partial charge in [0.15, 0.2) is 0 Å². The molecule has 2 fully saturated rings. The number of aliphatic hydroxyl groups is 2. The zero-order chi connectivity index (χ0) is 13.3. The fraction of sp³-hybridized carbons (Fsp3) is 0.833. The average Bonchev–Trinajstić information content (AvgIpc) is 2.95. The second-order valence-corrected chi connectivity index (χ2v) is 5.29. The van der Waals surface area contributed by atoms with Crippen LogP contribution in [0.1, 0.15) is 19.8 Å². The molecule has 6 nitrogen and oxygen atoms in total. The van der Waals surface area contributed by atoms with Crippen LogP contribution in [0, 0.1) is 11.8 Å². The summed E-state index contributed by atoms with van der Waals surface area (Å²) in [6, 6.07) is 0. The number of hydrogen-bond donors (Lipinski definition) is 3. The molecule has 1 aliphatic heterocycles. The van der Waals surface area contributed by atoms with Gasteiger partial charge in [0, 0.05) is 32.0 Å². The number of nitrogens with zero attached hydrogens (tertiary/aromatic N) is 1. The topological polar surface area (TPSA) is 89.9 Å². The van der Waals surface area contributed by atoms with Crippen molar-refractivity contribution in [3.8, 4) is 0 Å². The van der Waals surface area contributed by atoms with E-state index in [1.165, 1.54) is 4.90 Å². The number of rotatable bonds is 4. The predicted octanol–water partition coefficient (Wildman–Crippen LogP) is -1.29. The number of aliphatic hydroxyl groups excluding tert-OH is 2. The summed E-state index contributed by atoms with van der Waals surface area (Å²) in [7, 11) is 0. The lowest BCUT2D eigenvalue weighted by Gasteiger charge is -2.15. The maximum absolute atomic E-state index is 11.7. The van der Waals surface area contributed by atoms with Gasteiger partial charge in [-0.25, -0.2) is 0 Å². The first-order valence-electron chi connectivity index (χ1n) is 6.40. The van der Waals surface area contributed by atoms with Gasteiger partial charge in [-0.1, -0.05) is 6.92 Å². The van der Waals surface area contributed by atoms with Crippen molar-refractivity contribution in [2.45, 2.75) is 32.0 Å². The van der Waals surface area contributed by atoms with Crippen LogP contribution in [0.4, 0.5) is 0 Å². The molecule has 6 heteroatoms. The van der Waals surface area contributed by atoms with Gasteiger partial charge in [0.25, 0.3) is 0 Å². The quantitative estimate of drug-likeness (QED) is 0.584. The van der Waals surface area contributed by atoms with Gasteiger partial charge in [-0.3, -0.25) is 9.59 Å². The van der Waals surface area contributed by atoms with E-state index in [0.717, 1.165) is 6.42 Å². The van der Waals surface area contributed by atoms with Crippen molar-refractivity contribution in [1.29, 1.82) is 0 Å². The molecule has 0 bridgehead atoms. The van der Waals surface area contributed by atoms with Crippen molar-refractivity contribution in [2.24, 2.45) is 11.8 Å². The molecule has 1 saturated heterocycles. The van der Waals surface area contributed by atoms with Crippen molar-refractivity contribution in [2.75, 3.05) is 19.6 Å². The predicted molar refractivity (Wildman–Crippen MR) is 63.5 cm³/mol. The zero-order valence-corrected chi connectivity index (χ0v) is 10.5. The van der Waals surface area contributed by atoms with Gasteiger partial charge in [0.05, 0.1) is 12.2 Å². The molecule has 2 amide bonds. The highest BCUT2D eigenvalue weighted by Gasteiger charge is 2.39. The van der Waals surface area contributed by atoms with Crippen LogP contribution in [-0.4, -0.2) is 58.8 Å². The Labute approximate surface area is 106 Å². The molecule has 0 spiro atoms. The molecule has 0 aromatic heterocycles. The van der Waals surface area contributed by atoms with E-state index in [4.69, 9.17) is 0 Å². The minimum atomic E-state index is -0.851. The van der Waals surface area contributed by atoms with Gasteiger partial charge in [-0.15, -0.1) is 0 Å². The van der Waals surface area contributed by atoms with Crippen LogP contribution >= 0.6 is 0 Å². The summed E-state index contributed by atoms with van der Waals surface area (Å²) in [6.45, 7) is 2.70. The summed E-state index contributed by atoms with van der Waals surface area (Å²) >= 11 is 0.